The van der Waals surface area contributed by atoms with E-state index in [1.54, 1.807) is 0 Å². The van der Waals surface area contributed by atoms with E-state index in [0.717, 1.165) is 55.7 Å². The van der Waals surface area contributed by atoms with Crippen molar-refractivity contribution in [3.8, 4) is 44.5 Å². The van der Waals surface area contributed by atoms with E-state index in [9.17, 15) is 0 Å². The fraction of sp³-hybridized carbons (Fsp3) is 0. The Bertz CT molecular complexity index is 2890. The first-order chi connectivity index (χ1) is 26.8. The van der Waals surface area contributed by atoms with Crippen LogP contribution in [-0.2, 0) is 0 Å². The van der Waals surface area contributed by atoms with Crippen LogP contribution < -0.4 is 4.90 Å². The Hall–Kier alpha value is -7.16. The molecule has 1 aromatic heterocycles. The van der Waals surface area contributed by atoms with Gasteiger partial charge in [-0.3, -0.25) is 0 Å². The highest BCUT2D eigenvalue weighted by molar-refractivity contribution is 6.24. The van der Waals surface area contributed by atoms with Gasteiger partial charge in [0.2, 0.25) is 0 Å². The Labute approximate surface area is 314 Å². The van der Waals surface area contributed by atoms with Crippen LogP contribution >= 0.6 is 0 Å². The maximum Gasteiger partial charge on any atom is 0.143 e. The Morgan fingerprint density at radius 3 is 1.52 bits per heavy atom. The zero-order valence-corrected chi connectivity index (χ0v) is 29.6. The summed E-state index contributed by atoms with van der Waals surface area (Å²) in [5.74, 6) is 0. The summed E-state index contributed by atoms with van der Waals surface area (Å²) in [6.07, 6.45) is 0. The van der Waals surface area contributed by atoms with Crippen LogP contribution in [0.3, 0.4) is 0 Å². The van der Waals surface area contributed by atoms with E-state index in [2.05, 4.69) is 217 Å². The van der Waals surface area contributed by atoms with Gasteiger partial charge in [-0.05, 0) is 86.8 Å². The molecule has 54 heavy (non-hydrogen) atoms. The quantitative estimate of drug-likeness (QED) is 0.166. The van der Waals surface area contributed by atoms with Gasteiger partial charge in [0.25, 0.3) is 0 Å². The van der Waals surface area contributed by atoms with Gasteiger partial charge in [-0.2, -0.15) is 0 Å². The van der Waals surface area contributed by atoms with Crippen LogP contribution in [0.1, 0.15) is 0 Å². The summed E-state index contributed by atoms with van der Waals surface area (Å²) in [6, 6.07) is 75.7. The first kappa shape index (κ1) is 31.6. The molecule has 0 spiro atoms. The second-order valence-corrected chi connectivity index (χ2v) is 13.7. The largest absolute Gasteiger partial charge is 0.455 e. The molecule has 0 amide bonds. The summed E-state index contributed by atoms with van der Waals surface area (Å²) in [5, 5.41) is 4.67. The number of nitrogens with zero attached hydrogens (tertiary/aromatic N) is 1. The van der Waals surface area contributed by atoms with Crippen LogP contribution in [0.4, 0.5) is 17.1 Å². The molecule has 0 fully saturated rings. The van der Waals surface area contributed by atoms with Gasteiger partial charge in [0.05, 0.1) is 0 Å². The molecule has 0 aliphatic carbocycles. The normalized spacial score (nSPS) is 11.3. The molecule has 254 valence electrons. The third-order valence-electron chi connectivity index (χ3n) is 10.5. The number of benzene rings is 9. The molecule has 10 aromatic rings. The van der Waals surface area contributed by atoms with Gasteiger partial charge >= 0.3 is 0 Å². The molecule has 0 saturated heterocycles. The molecule has 9 aromatic carbocycles. The minimum absolute atomic E-state index is 0.897. The highest BCUT2D eigenvalue weighted by atomic mass is 16.3. The lowest BCUT2D eigenvalue weighted by Gasteiger charge is -2.26. The standard InChI is InChI=1S/C52H35NO/c1-4-13-36(14-5-1)38-25-30-43(31-26-38)53(45-21-10-20-42(35-45)37-15-6-2-7-16-37)44-32-27-40(28-33-44)46-22-11-19-41-29-34-49-51(50(41)46)48-24-12-23-47(52(48)54-49)39-17-8-3-9-18-39/h1-35H. The summed E-state index contributed by atoms with van der Waals surface area (Å²) in [7, 11) is 0. The maximum atomic E-state index is 6.66. The van der Waals surface area contributed by atoms with E-state index in [1.807, 2.05) is 0 Å². The van der Waals surface area contributed by atoms with E-state index >= 15 is 0 Å². The van der Waals surface area contributed by atoms with Crippen molar-refractivity contribution in [2.24, 2.45) is 0 Å². The molecule has 0 N–H and O–H groups in total. The van der Waals surface area contributed by atoms with Crippen molar-refractivity contribution in [3.63, 3.8) is 0 Å². The Morgan fingerprint density at radius 1 is 0.315 bits per heavy atom. The van der Waals surface area contributed by atoms with Gasteiger partial charge in [-0.1, -0.05) is 170 Å². The molecule has 0 aliphatic rings. The molecule has 2 nitrogen and oxygen atoms in total. The Morgan fingerprint density at radius 2 is 0.833 bits per heavy atom. The summed E-state index contributed by atoms with van der Waals surface area (Å²) in [4.78, 5) is 2.35. The fourth-order valence-electron chi connectivity index (χ4n) is 7.88. The van der Waals surface area contributed by atoms with E-state index in [0.29, 0.717) is 0 Å². The SMILES string of the molecule is c1ccc(-c2ccc(N(c3ccc(-c4cccc5ccc6oc7c(-c8ccccc8)cccc7c6c45)cc3)c3cccc(-c4ccccc4)c3)cc2)cc1. The Kier molecular flexibility index (Phi) is 7.85. The van der Waals surface area contributed by atoms with E-state index in [1.165, 1.54) is 38.6 Å². The van der Waals surface area contributed by atoms with Crippen LogP contribution in [0.25, 0.3) is 77.2 Å². The molecule has 0 saturated carbocycles. The van der Waals surface area contributed by atoms with E-state index in [-0.39, 0.29) is 0 Å². The second-order valence-electron chi connectivity index (χ2n) is 13.7. The molecule has 2 heteroatoms. The molecule has 10 rings (SSSR count). The van der Waals surface area contributed by atoms with Crippen LogP contribution in [0.15, 0.2) is 217 Å². The lowest BCUT2D eigenvalue weighted by Crippen LogP contribution is -2.10. The summed E-state index contributed by atoms with van der Waals surface area (Å²) in [6.45, 7) is 0. The average molecular weight is 690 g/mol. The molecule has 0 radical (unpaired) electrons. The van der Waals surface area contributed by atoms with E-state index in [4.69, 9.17) is 4.42 Å². The smallest absolute Gasteiger partial charge is 0.143 e. The van der Waals surface area contributed by atoms with Gasteiger partial charge in [0, 0.05) is 38.8 Å². The third kappa shape index (κ3) is 5.62. The number of furan rings is 1. The summed E-state index contributed by atoms with van der Waals surface area (Å²) < 4.78 is 6.66. The number of para-hydroxylation sites is 1. The van der Waals surface area contributed by atoms with Crippen molar-refractivity contribution in [2.45, 2.75) is 0 Å². The van der Waals surface area contributed by atoms with Crippen LogP contribution in [0.2, 0.25) is 0 Å². The lowest BCUT2D eigenvalue weighted by atomic mass is 9.93. The highest BCUT2D eigenvalue weighted by Gasteiger charge is 2.18. The minimum atomic E-state index is 0.897. The van der Waals surface area contributed by atoms with Gasteiger partial charge in [0.1, 0.15) is 11.2 Å². The fourth-order valence-corrected chi connectivity index (χ4v) is 7.88. The van der Waals surface area contributed by atoms with Crippen molar-refractivity contribution in [3.05, 3.63) is 212 Å². The van der Waals surface area contributed by atoms with Crippen molar-refractivity contribution in [1.29, 1.82) is 0 Å². The zero-order valence-electron chi connectivity index (χ0n) is 29.6. The zero-order chi connectivity index (χ0) is 35.8. The van der Waals surface area contributed by atoms with Crippen molar-refractivity contribution in [1.82, 2.24) is 0 Å². The van der Waals surface area contributed by atoms with Gasteiger partial charge in [0.15, 0.2) is 0 Å². The molecule has 0 unspecified atom stereocenters. The predicted molar refractivity (Wildman–Crippen MR) is 228 cm³/mol. The number of rotatable bonds is 7. The molecule has 1 heterocycles. The molecule has 0 aliphatic heterocycles. The summed E-state index contributed by atoms with van der Waals surface area (Å²) >= 11 is 0. The summed E-state index contributed by atoms with van der Waals surface area (Å²) in [5.41, 5.74) is 14.5. The third-order valence-corrected chi connectivity index (χ3v) is 10.5. The number of hydrogen-bond donors (Lipinski definition) is 0. The van der Waals surface area contributed by atoms with Crippen LogP contribution in [0, 0.1) is 0 Å². The first-order valence-electron chi connectivity index (χ1n) is 18.4. The van der Waals surface area contributed by atoms with Crippen molar-refractivity contribution >= 4 is 49.8 Å². The highest BCUT2D eigenvalue weighted by Crippen LogP contribution is 2.43. The number of fused-ring (bicyclic) bond motifs is 5. The number of hydrogen-bond acceptors (Lipinski definition) is 2. The van der Waals surface area contributed by atoms with Crippen molar-refractivity contribution < 1.29 is 4.42 Å². The minimum Gasteiger partial charge on any atom is -0.455 e. The van der Waals surface area contributed by atoms with Crippen LogP contribution in [0.5, 0.6) is 0 Å². The monoisotopic (exact) mass is 689 g/mol. The molecular weight excluding hydrogens is 655 g/mol. The van der Waals surface area contributed by atoms with Crippen molar-refractivity contribution in [2.75, 3.05) is 4.90 Å². The van der Waals surface area contributed by atoms with Gasteiger partial charge in [-0.25, -0.2) is 0 Å². The molecule has 0 bridgehead atoms. The lowest BCUT2D eigenvalue weighted by molar-refractivity contribution is 0.670. The topological polar surface area (TPSA) is 16.4 Å². The molecule has 0 atom stereocenters. The number of anilines is 3. The first-order valence-corrected chi connectivity index (χ1v) is 18.4. The van der Waals surface area contributed by atoms with E-state index < -0.39 is 0 Å². The predicted octanol–water partition coefficient (Wildman–Crippen LogP) is 14.9. The van der Waals surface area contributed by atoms with Gasteiger partial charge < -0.3 is 9.32 Å². The average Bonchev–Trinajstić information content (AvgIpc) is 3.65. The second kappa shape index (κ2) is 13.4. The Balaban J connectivity index is 1.10. The molecular formula is C52H35NO. The van der Waals surface area contributed by atoms with Crippen LogP contribution in [-0.4, -0.2) is 0 Å². The van der Waals surface area contributed by atoms with Gasteiger partial charge in [-0.15, -0.1) is 0 Å². The maximum absolute atomic E-state index is 6.66.